The molecule has 1 amide bonds. The van der Waals surface area contributed by atoms with Crippen LogP contribution in [0.15, 0.2) is 47.4 Å². The molecular formula is C20H23ClN2O5S. The summed E-state index contributed by atoms with van der Waals surface area (Å²) >= 11 is 6.10. The van der Waals surface area contributed by atoms with Crippen LogP contribution in [0.2, 0.25) is 5.02 Å². The number of carbonyl (C=O) groups is 1. The normalized spacial score (nSPS) is 17.6. The van der Waals surface area contributed by atoms with E-state index in [-0.39, 0.29) is 23.1 Å². The Morgan fingerprint density at radius 2 is 1.93 bits per heavy atom. The van der Waals surface area contributed by atoms with Crippen LogP contribution in [-0.4, -0.2) is 45.9 Å². The third kappa shape index (κ3) is 4.66. The van der Waals surface area contributed by atoms with Crippen molar-refractivity contribution in [1.82, 2.24) is 4.31 Å². The number of sulfonamides is 1. The number of ether oxygens (including phenoxy) is 2. The molecule has 1 aliphatic heterocycles. The summed E-state index contributed by atoms with van der Waals surface area (Å²) in [5, 5.41) is 3.23. The SMILES string of the molecule is COc1ccc(OC)c(S(=O)(=O)N2CCC[C@H](C(=O)Nc3ccccc3Cl)C2)c1. The molecule has 1 heterocycles. The predicted octanol–water partition coefficient (Wildman–Crippen LogP) is 3.40. The molecule has 29 heavy (non-hydrogen) atoms. The van der Waals surface area contributed by atoms with Crippen LogP contribution in [0.3, 0.4) is 0 Å². The Kier molecular flexibility index (Phi) is 6.66. The van der Waals surface area contributed by atoms with Gasteiger partial charge in [0.05, 0.1) is 30.8 Å². The number of nitrogens with one attached hydrogen (secondary N) is 1. The predicted molar refractivity (Wildman–Crippen MR) is 111 cm³/mol. The van der Waals surface area contributed by atoms with E-state index >= 15 is 0 Å². The Labute approximate surface area is 175 Å². The highest BCUT2D eigenvalue weighted by atomic mass is 35.5. The first-order chi connectivity index (χ1) is 13.9. The number of anilines is 1. The maximum Gasteiger partial charge on any atom is 0.246 e. The molecule has 0 saturated carbocycles. The summed E-state index contributed by atoms with van der Waals surface area (Å²) in [5.74, 6) is -0.0927. The molecule has 9 heteroatoms. The molecule has 1 saturated heterocycles. The van der Waals surface area contributed by atoms with Gasteiger partial charge in [-0.3, -0.25) is 4.79 Å². The number of hydrogen-bond donors (Lipinski definition) is 1. The van der Waals surface area contributed by atoms with Gasteiger partial charge in [0.1, 0.15) is 16.4 Å². The van der Waals surface area contributed by atoms with Gasteiger partial charge >= 0.3 is 0 Å². The van der Waals surface area contributed by atoms with Gasteiger partial charge in [0.25, 0.3) is 0 Å². The molecule has 2 aromatic rings. The van der Waals surface area contributed by atoms with Crippen molar-refractivity contribution >= 4 is 33.2 Å². The summed E-state index contributed by atoms with van der Waals surface area (Å²) in [5.41, 5.74) is 0.508. The smallest absolute Gasteiger partial charge is 0.246 e. The van der Waals surface area contributed by atoms with E-state index in [9.17, 15) is 13.2 Å². The number of halogens is 1. The zero-order chi connectivity index (χ0) is 21.0. The second kappa shape index (κ2) is 9.02. The molecule has 3 rings (SSSR count). The molecular weight excluding hydrogens is 416 g/mol. The van der Waals surface area contributed by atoms with Crippen molar-refractivity contribution in [1.29, 1.82) is 0 Å². The number of para-hydroxylation sites is 1. The van der Waals surface area contributed by atoms with E-state index in [1.165, 1.54) is 24.6 Å². The van der Waals surface area contributed by atoms with Gasteiger partial charge < -0.3 is 14.8 Å². The van der Waals surface area contributed by atoms with E-state index in [2.05, 4.69) is 5.32 Å². The Morgan fingerprint density at radius 1 is 1.17 bits per heavy atom. The summed E-state index contributed by atoms with van der Waals surface area (Å²) in [4.78, 5) is 12.7. The maximum atomic E-state index is 13.3. The topological polar surface area (TPSA) is 84.9 Å². The first kappa shape index (κ1) is 21.4. The summed E-state index contributed by atoms with van der Waals surface area (Å²) in [6.45, 7) is 0.414. The van der Waals surface area contributed by atoms with Crippen LogP contribution in [0.4, 0.5) is 5.69 Å². The van der Waals surface area contributed by atoms with Crippen LogP contribution in [0.5, 0.6) is 11.5 Å². The molecule has 0 spiro atoms. The van der Waals surface area contributed by atoms with Crippen LogP contribution < -0.4 is 14.8 Å². The monoisotopic (exact) mass is 438 g/mol. The Morgan fingerprint density at radius 3 is 2.62 bits per heavy atom. The number of nitrogens with zero attached hydrogens (tertiary/aromatic N) is 1. The minimum atomic E-state index is -3.86. The number of carbonyl (C=O) groups excluding carboxylic acids is 1. The van der Waals surface area contributed by atoms with Gasteiger partial charge in [-0.05, 0) is 37.1 Å². The van der Waals surface area contributed by atoms with Crippen LogP contribution in [-0.2, 0) is 14.8 Å². The van der Waals surface area contributed by atoms with E-state index < -0.39 is 15.9 Å². The number of amides is 1. The molecule has 0 bridgehead atoms. The Bertz CT molecular complexity index is 996. The third-order valence-corrected chi connectivity index (χ3v) is 7.09. The van der Waals surface area contributed by atoms with Crippen LogP contribution >= 0.6 is 11.6 Å². The molecule has 1 fully saturated rings. The molecule has 1 N–H and O–H groups in total. The highest BCUT2D eigenvalue weighted by Gasteiger charge is 2.35. The van der Waals surface area contributed by atoms with Crippen molar-refractivity contribution in [3.8, 4) is 11.5 Å². The number of benzene rings is 2. The fraction of sp³-hybridized carbons (Fsp3) is 0.350. The van der Waals surface area contributed by atoms with Gasteiger partial charge in [-0.25, -0.2) is 8.42 Å². The van der Waals surface area contributed by atoms with Crippen LogP contribution in [0, 0.1) is 5.92 Å². The van der Waals surface area contributed by atoms with Crippen molar-refractivity contribution in [2.75, 3.05) is 32.6 Å². The molecule has 7 nitrogen and oxygen atoms in total. The lowest BCUT2D eigenvalue weighted by Gasteiger charge is -2.31. The summed E-state index contributed by atoms with van der Waals surface area (Å²) in [6, 6.07) is 11.6. The van der Waals surface area contributed by atoms with Crippen molar-refractivity contribution < 1.29 is 22.7 Å². The average molecular weight is 439 g/mol. The van der Waals surface area contributed by atoms with Crippen molar-refractivity contribution in [3.05, 3.63) is 47.5 Å². The summed E-state index contributed by atoms with van der Waals surface area (Å²) < 4.78 is 38.2. The number of methoxy groups -OCH3 is 2. The Balaban J connectivity index is 1.81. The summed E-state index contributed by atoms with van der Waals surface area (Å²) in [6.07, 6.45) is 1.17. The zero-order valence-corrected chi connectivity index (χ0v) is 17.8. The fourth-order valence-corrected chi connectivity index (χ4v) is 5.17. The standard InChI is InChI=1S/C20H23ClN2O5S/c1-27-15-9-10-18(28-2)19(12-15)29(25,26)23-11-5-6-14(13-23)20(24)22-17-8-4-3-7-16(17)21/h3-4,7-10,12,14H,5-6,11,13H2,1-2H3,(H,22,24)/t14-/m0/s1. The molecule has 0 aromatic heterocycles. The number of piperidine rings is 1. The molecule has 0 radical (unpaired) electrons. The zero-order valence-electron chi connectivity index (χ0n) is 16.2. The first-order valence-electron chi connectivity index (χ1n) is 9.14. The lowest BCUT2D eigenvalue weighted by atomic mass is 9.99. The minimum absolute atomic E-state index is 0.0199. The van der Waals surface area contributed by atoms with E-state index in [1.54, 1.807) is 36.4 Å². The van der Waals surface area contributed by atoms with Gasteiger partial charge in [-0.2, -0.15) is 4.31 Å². The van der Waals surface area contributed by atoms with Gasteiger partial charge in [0, 0.05) is 19.2 Å². The van der Waals surface area contributed by atoms with Crippen molar-refractivity contribution in [3.63, 3.8) is 0 Å². The highest BCUT2D eigenvalue weighted by Crippen LogP contribution is 2.33. The molecule has 0 unspecified atom stereocenters. The van der Waals surface area contributed by atoms with E-state index in [0.29, 0.717) is 35.8 Å². The average Bonchev–Trinajstić information content (AvgIpc) is 2.74. The summed E-state index contributed by atoms with van der Waals surface area (Å²) in [7, 11) is -0.983. The molecule has 2 aromatic carbocycles. The molecule has 0 aliphatic carbocycles. The Hall–Kier alpha value is -2.29. The maximum absolute atomic E-state index is 13.3. The van der Waals surface area contributed by atoms with Crippen molar-refractivity contribution in [2.24, 2.45) is 5.92 Å². The second-order valence-electron chi connectivity index (χ2n) is 6.69. The number of rotatable bonds is 6. The van der Waals surface area contributed by atoms with Crippen LogP contribution in [0.1, 0.15) is 12.8 Å². The molecule has 156 valence electrons. The largest absolute Gasteiger partial charge is 0.497 e. The quantitative estimate of drug-likeness (QED) is 0.747. The van der Waals surface area contributed by atoms with Gasteiger partial charge in [0.2, 0.25) is 15.9 Å². The van der Waals surface area contributed by atoms with Gasteiger partial charge in [-0.15, -0.1) is 0 Å². The van der Waals surface area contributed by atoms with Gasteiger partial charge in [0.15, 0.2) is 0 Å². The first-order valence-corrected chi connectivity index (χ1v) is 11.0. The van der Waals surface area contributed by atoms with E-state index in [1.807, 2.05) is 0 Å². The fourth-order valence-electron chi connectivity index (χ4n) is 3.30. The lowest BCUT2D eigenvalue weighted by molar-refractivity contribution is -0.120. The lowest BCUT2D eigenvalue weighted by Crippen LogP contribution is -2.43. The van der Waals surface area contributed by atoms with Crippen molar-refractivity contribution in [2.45, 2.75) is 17.7 Å². The van der Waals surface area contributed by atoms with Gasteiger partial charge in [-0.1, -0.05) is 23.7 Å². The minimum Gasteiger partial charge on any atom is -0.497 e. The molecule has 1 atom stereocenters. The highest BCUT2D eigenvalue weighted by molar-refractivity contribution is 7.89. The van der Waals surface area contributed by atoms with Crippen LogP contribution in [0.25, 0.3) is 0 Å². The van der Waals surface area contributed by atoms with E-state index in [0.717, 1.165) is 0 Å². The van der Waals surface area contributed by atoms with E-state index in [4.69, 9.17) is 21.1 Å². The second-order valence-corrected chi connectivity index (χ2v) is 9.00. The number of hydrogen-bond acceptors (Lipinski definition) is 5. The molecule has 1 aliphatic rings. The third-order valence-electron chi connectivity index (χ3n) is 4.88.